The molecule has 1 heterocycles. The average molecular weight is 383 g/mol. The number of unbranched alkanes of at least 4 members (excludes halogenated alkanes) is 1. The largest absolute Gasteiger partial charge is 0.450 e. The van der Waals surface area contributed by atoms with E-state index in [1.54, 1.807) is 0 Å². The number of amides is 1. The summed E-state index contributed by atoms with van der Waals surface area (Å²) in [6.45, 7) is 7.19. The van der Waals surface area contributed by atoms with Crippen molar-refractivity contribution in [2.75, 3.05) is 26.2 Å². The van der Waals surface area contributed by atoms with Crippen LogP contribution < -0.4 is 5.73 Å². The average Bonchev–Trinajstić information content (AvgIpc) is 2.70. The van der Waals surface area contributed by atoms with E-state index in [0.29, 0.717) is 19.4 Å². The van der Waals surface area contributed by atoms with Gasteiger partial charge < -0.3 is 15.3 Å². The molecule has 1 amide bonds. The highest BCUT2D eigenvalue weighted by atomic mass is 16.5. The normalized spacial score (nSPS) is 14.6. The van der Waals surface area contributed by atoms with Gasteiger partial charge >= 0.3 is 6.09 Å². The highest BCUT2D eigenvalue weighted by molar-refractivity contribution is 5.67. The summed E-state index contributed by atoms with van der Waals surface area (Å²) in [6.07, 6.45) is 5.86. The van der Waals surface area contributed by atoms with Gasteiger partial charge in [0.25, 0.3) is 0 Å². The maximum absolute atomic E-state index is 11.0. The minimum atomic E-state index is -0.742. The minimum Gasteiger partial charge on any atom is -0.450 e. The molecular formula is C23H30N2O3. The maximum Gasteiger partial charge on any atom is 0.404 e. The molecule has 0 unspecified atom stereocenters. The van der Waals surface area contributed by atoms with Gasteiger partial charge in [0.1, 0.15) is 6.29 Å². The number of rotatable bonds is 8. The summed E-state index contributed by atoms with van der Waals surface area (Å²) < 4.78 is 4.67. The Bertz CT molecular complexity index is 754. The molecule has 0 saturated carbocycles. The van der Waals surface area contributed by atoms with Crippen molar-refractivity contribution in [2.45, 2.75) is 39.5 Å². The van der Waals surface area contributed by atoms with Crippen molar-refractivity contribution in [3.63, 3.8) is 0 Å². The number of carbonyl (C=O) groups excluding carboxylic acids is 2. The van der Waals surface area contributed by atoms with Crippen LogP contribution in [0.1, 0.15) is 50.7 Å². The molecule has 1 aliphatic rings. The summed E-state index contributed by atoms with van der Waals surface area (Å²) in [5.41, 5.74) is 8.26. The summed E-state index contributed by atoms with van der Waals surface area (Å²) in [5, 5.41) is 0. The Morgan fingerprint density at radius 1 is 1.32 bits per heavy atom. The van der Waals surface area contributed by atoms with Crippen LogP contribution in [0.4, 0.5) is 4.79 Å². The van der Waals surface area contributed by atoms with Crippen LogP contribution in [-0.4, -0.2) is 43.5 Å². The van der Waals surface area contributed by atoms with Gasteiger partial charge in [0.15, 0.2) is 0 Å². The number of hydrogen-bond donors (Lipinski definition) is 1. The van der Waals surface area contributed by atoms with Crippen LogP contribution in [0, 0.1) is 17.3 Å². The van der Waals surface area contributed by atoms with E-state index >= 15 is 0 Å². The van der Waals surface area contributed by atoms with E-state index in [4.69, 9.17) is 5.73 Å². The third kappa shape index (κ3) is 7.58. The van der Waals surface area contributed by atoms with E-state index in [-0.39, 0.29) is 5.41 Å². The number of nitrogens with zero attached hydrogens (tertiary/aromatic N) is 1. The van der Waals surface area contributed by atoms with E-state index in [0.717, 1.165) is 44.3 Å². The van der Waals surface area contributed by atoms with Crippen molar-refractivity contribution >= 4 is 18.0 Å². The zero-order valence-corrected chi connectivity index (χ0v) is 16.9. The fourth-order valence-corrected chi connectivity index (χ4v) is 2.95. The standard InChI is InChI=1S/C23H30N2O3/c1-23(2,18-26)13-16-25-14-11-21(12-15-25)20-9-7-19(8-10-20)6-4-3-5-17-28-22(24)27/h7-11,18H,3,5,12-17H2,1-2H3,(H2,24,27). The van der Waals surface area contributed by atoms with Crippen molar-refractivity contribution in [1.29, 1.82) is 0 Å². The Morgan fingerprint density at radius 3 is 2.68 bits per heavy atom. The lowest BCUT2D eigenvalue weighted by atomic mass is 9.91. The van der Waals surface area contributed by atoms with Gasteiger partial charge in [-0.25, -0.2) is 4.79 Å². The quantitative estimate of drug-likeness (QED) is 0.423. The number of benzene rings is 1. The second kappa shape index (κ2) is 10.7. The van der Waals surface area contributed by atoms with Gasteiger partial charge in [-0.1, -0.05) is 43.9 Å². The molecule has 2 rings (SSSR count). The first-order valence-electron chi connectivity index (χ1n) is 9.79. The lowest BCUT2D eigenvalue weighted by molar-refractivity contribution is -0.115. The van der Waals surface area contributed by atoms with Gasteiger partial charge in [-0.2, -0.15) is 0 Å². The van der Waals surface area contributed by atoms with E-state index < -0.39 is 6.09 Å². The summed E-state index contributed by atoms with van der Waals surface area (Å²) in [7, 11) is 0. The van der Waals surface area contributed by atoms with E-state index in [1.807, 2.05) is 26.0 Å². The molecule has 28 heavy (non-hydrogen) atoms. The number of hydrogen-bond acceptors (Lipinski definition) is 4. The molecule has 0 fully saturated rings. The molecular weight excluding hydrogens is 352 g/mol. The van der Waals surface area contributed by atoms with Gasteiger partial charge in [0, 0.05) is 30.5 Å². The molecule has 0 bridgehead atoms. The summed E-state index contributed by atoms with van der Waals surface area (Å²) in [6, 6.07) is 8.33. The number of nitrogens with two attached hydrogens (primary N) is 1. The molecule has 0 atom stereocenters. The molecule has 2 N–H and O–H groups in total. The number of carbonyl (C=O) groups is 2. The Morgan fingerprint density at radius 2 is 2.07 bits per heavy atom. The molecule has 0 aliphatic carbocycles. The lowest BCUT2D eigenvalue weighted by Gasteiger charge is -2.29. The molecule has 1 aliphatic heterocycles. The minimum absolute atomic E-state index is 0.240. The third-order valence-electron chi connectivity index (χ3n) is 4.86. The maximum atomic E-state index is 11.0. The highest BCUT2D eigenvalue weighted by Crippen LogP contribution is 2.24. The SMILES string of the molecule is CC(C)(C=O)CCN1CC=C(c2ccc(C#CCCCOC(N)=O)cc2)CC1. The van der Waals surface area contributed by atoms with Crippen LogP contribution in [-0.2, 0) is 9.53 Å². The second-order valence-electron chi connectivity index (χ2n) is 7.79. The van der Waals surface area contributed by atoms with E-state index in [2.05, 4.69) is 39.7 Å². The molecule has 150 valence electrons. The van der Waals surface area contributed by atoms with Crippen molar-refractivity contribution in [2.24, 2.45) is 11.1 Å². The van der Waals surface area contributed by atoms with Crippen molar-refractivity contribution in [3.8, 4) is 11.8 Å². The van der Waals surface area contributed by atoms with Gasteiger partial charge in [0.05, 0.1) is 6.61 Å². The first-order chi connectivity index (χ1) is 13.4. The predicted octanol–water partition coefficient (Wildman–Crippen LogP) is 3.62. The molecule has 5 nitrogen and oxygen atoms in total. The van der Waals surface area contributed by atoms with Gasteiger partial charge in [-0.3, -0.25) is 4.90 Å². The first-order valence-corrected chi connectivity index (χ1v) is 9.79. The summed E-state index contributed by atoms with van der Waals surface area (Å²) in [5.74, 6) is 6.21. The fraction of sp³-hybridized carbons (Fsp3) is 0.478. The van der Waals surface area contributed by atoms with E-state index in [1.165, 1.54) is 11.1 Å². The monoisotopic (exact) mass is 382 g/mol. The Balaban J connectivity index is 1.80. The first kappa shape index (κ1) is 21.7. The molecule has 1 aromatic rings. The molecule has 0 spiro atoms. The molecule has 0 radical (unpaired) electrons. The van der Waals surface area contributed by atoms with Gasteiger partial charge in [-0.05, 0) is 49.1 Å². The van der Waals surface area contributed by atoms with Crippen LogP contribution in [0.5, 0.6) is 0 Å². The van der Waals surface area contributed by atoms with Crippen molar-refractivity contribution in [3.05, 3.63) is 41.5 Å². The van der Waals surface area contributed by atoms with Crippen LogP contribution in [0.2, 0.25) is 0 Å². The van der Waals surface area contributed by atoms with Gasteiger partial charge in [-0.15, -0.1) is 0 Å². The van der Waals surface area contributed by atoms with Crippen LogP contribution in [0.3, 0.4) is 0 Å². The lowest BCUT2D eigenvalue weighted by Crippen LogP contribution is -2.32. The Kier molecular flexibility index (Phi) is 8.28. The van der Waals surface area contributed by atoms with Crippen molar-refractivity contribution < 1.29 is 14.3 Å². The topological polar surface area (TPSA) is 72.6 Å². The number of ether oxygens (including phenoxy) is 1. The fourth-order valence-electron chi connectivity index (χ4n) is 2.95. The second-order valence-corrected chi connectivity index (χ2v) is 7.79. The molecule has 5 heteroatoms. The molecule has 0 aromatic heterocycles. The van der Waals surface area contributed by atoms with Crippen LogP contribution in [0.15, 0.2) is 30.3 Å². The van der Waals surface area contributed by atoms with Gasteiger partial charge in [0.2, 0.25) is 0 Å². The zero-order chi connectivity index (χ0) is 20.4. The van der Waals surface area contributed by atoms with Crippen molar-refractivity contribution in [1.82, 2.24) is 4.90 Å². The van der Waals surface area contributed by atoms with Crippen LogP contribution in [0.25, 0.3) is 5.57 Å². The molecule has 0 saturated heterocycles. The number of aldehydes is 1. The summed E-state index contributed by atoms with van der Waals surface area (Å²) in [4.78, 5) is 23.9. The molecule has 1 aromatic carbocycles. The zero-order valence-electron chi connectivity index (χ0n) is 16.9. The predicted molar refractivity (Wildman–Crippen MR) is 112 cm³/mol. The Hall–Kier alpha value is -2.58. The Labute approximate surface area is 167 Å². The highest BCUT2D eigenvalue weighted by Gasteiger charge is 2.19. The smallest absolute Gasteiger partial charge is 0.404 e. The van der Waals surface area contributed by atoms with Crippen LogP contribution >= 0.6 is 0 Å². The summed E-state index contributed by atoms with van der Waals surface area (Å²) >= 11 is 0. The third-order valence-corrected chi connectivity index (χ3v) is 4.86. The number of primary amides is 1. The van der Waals surface area contributed by atoms with E-state index in [9.17, 15) is 9.59 Å².